The summed E-state index contributed by atoms with van der Waals surface area (Å²) in [5.74, 6) is -0.883. The highest BCUT2D eigenvalue weighted by Crippen LogP contribution is 2.18. The summed E-state index contributed by atoms with van der Waals surface area (Å²) in [7, 11) is 0. The van der Waals surface area contributed by atoms with Crippen LogP contribution in [0.5, 0.6) is 0 Å². The molecule has 120 valence electrons. The lowest BCUT2D eigenvalue weighted by Gasteiger charge is -2.22. The minimum atomic E-state index is -4.55. The average Bonchev–Trinajstić information content (AvgIpc) is 3.04. The zero-order valence-electron chi connectivity index (χ0n) is 11.9. The van der Waals surface area contributed by atoms with Gasteiger partial charge < -0.3 is 4.90 Å². The van der Waals surface area contributed by atoms with E-state index in [1.165, 1.54) is 23.1 Å². The van der Waals surface area contributed by atoms with Crippen LogP contribution in [0.3, 0.4) is 0 Å². The van der Waals surface area contributed by atoms with Crippen molar-refractivity contribution in [3.05, 3.63) is 42.5 Å². The molecule has 0 radical (unpaired) electrons. The predicted octanol–water partition coefficient (Wildman–Crippen LogP) is 2.19. The van der Waals surface area contributed by atoms with Crippen LogP contribution in [0.15, 0.2) is 36.8 Å². The molecule has 0 saturated carbocycles. The molecule has 0 aliphatic heterocycles. The Kier molecular flexibility index (Phi) is 4.95. The minimum absolute atomic E-state index is 0.139. The molecule has 0 aliphatic carbocycles. The van der Waals surface area contributed by atoms with Crippen molar-refractivity contribution < 1.29 is 18.0 Å². The molecule has 0 N–H and O–H groups in total. The normalized spacial score (nSPS) is 11.0. The third-order valence-electron chi connectivity index (χ3n) is 2.88. The number of rotatable bonds is 5. The van der Waals surface area contributed by atoms with Crippen LogP contribution < -0.4 is 0 Å². The van der Waals surface area contributed by atoms with Crippen LogP contribution in [-0.4, -0.2) is 44.8 Å². The maximum absolute atomic E-state index is 12.6. The number of nitriles is 1. The molecule has 9 heteroatoms. The second kappa shape index (κ2) is 6.91. The summed E-state index contributed by atoms with van der Waals surface area (Å²) in [6.07, 6.45) is -0.261. The molecule has 0 saturated heterocycles. The molecular formula is C14H12F3N5O. The molecule has 2 heterocycles. The average molecular weight is 323 g/mol. The first kappa shape index (κ1) is 16.5. The Hall–Kier alpha value is -2.89. The van der Waals surface area contributed by atoms with Gasteiger partial charge in [0.05, 0.1) is 18.2 Å². The van der Waals surface area contributed by atoms with Crippen LogP contribution in [0.1, 0.15) is 16.9 Å². The number of carbonyl (C=O) groups excluding carboxylic acids is 1. The summed E-state index contributed by atoms with van der Waals surface area (Å²) in [6.45, 7) is -1.75. The molecular weight excluding hydrogens is 311 g/mol. The first-order valence-electron chi connectivity index (χ1n) is 6.60. The number of alkyl halides is 3. The number of hydrogen-bond acceptors (Lipinski definition) is 4. The highest BCUT2D eigenvalue weighted by molar-refractivity contribution is 5.92. The van der Waals surface area contributed by atoms with E-state index >= 15 is 0 Å². The molecule has 0 bridgehead atoms. The first-order valence-corrected chi connectivity index (χ1v) is 6.60. The van der Waals surface area contributed by atoms with Crippen molar-refractivity contribution >= 4 is 5.91 Å². The van der Waals surface area contributed by atoms with Crippen LogP contribution in [0.2, 0.25) is 0 Å². The maximum Gasteiger partial charge on any atom is 0.406 e. The molecule has 23 heavy (non-hydrogen) atoms. The molecule has 6 nitrogen and oxygen atoms in total. The van der Waals surface area contributed by atoms with Crippen molar-refractivity contribution in [2.75, 3.05) is 13.1 Å². The van der Waals surface area contributed by atoms with Crippen LogP contribution in [0, 0.1) is 11.3 Å². The number of pyridine rings is 1. The molecule has 0 aromatic carbocycles. The summed E-state index contributed by atoms with van der Waals surface area (Å²) in [6, 6.07) is 6.33. The molecule has 0 unspecified atom stereocenters. The molecule has 2 aromatic rings. The van der Waals surface area contributed by atoms with E-state index in [4.69, 9.17) is 5.26 Å². The quantitative estimate of drug-likeness (QED) is 0.845. The summed E-state index contributed by atoms with van der Waals surface area (Å²) in [5, 5.41) is 12.5. The van der Waals surface area contributed by atoms with Gasteiger partial charge in [0.25, 0.3) is 5.91 Å². The summed E-state index contributed by atoms with van der Waals surface area (Å²) >= 11 is 0. The fourth-order valence-corrected chi connectivity index (χ4v) is 1.92. The van der Waals surface area contributed by atoms with Crippen molar-refractivity contribution in [2.24, 2.45) is 0 Å². The molecule has 0 spiro atoms. The molecule has 2 aromatic heterocycles. The summed E-state index contributed by atoms with van der Waals surface area (Å²) < 4.78 is 39.3. The Morgan fingerprint density at radius 1 is 1.39 bits per heavy atom. The molecule has 0 fully saturated rings. The van der Waals surface area contributed by atoms with E-state index in [0.717, 1.165) is 0 Å². The third kappa shape index (κ3) is 4.54. The van der Waals surface area contributed by atoms with E-state index in [1.54, 1.807) is 24.4 Å². The summed E-state index contributed by atoms with van der Waals surface area (Å²) in [4.78, 5) is 16.7. The number of hydrogen-bond donors (Lipinski definition) is 0. The molecule has 2 rings (SSSR count). The highest BCUT2D eigenvalue weighted by atomic mass is 19.4. The number of nitrogens with zero attached hydrogens (tertiary/aromatic N) is 5. The Morgan fingerprint density at radius 3 is 2.78 bits per heavy atom. The lowest BCUT2D eigenvalue weighted by atomic mass is 10.2. The van der Waals surface area contributed by atoms with E-state index in [1.807, 2.05) is 0 Å². The van der Waals surface area contributed by atoms with E-state index < -0.39 is 18.6 Å². The van der Waals surface area contributed by atoms with Gasteiger partial charge in [0.15, 0.2) is 0 Å². The van der Waals surface area contributed by atoms with Gasteiger partial charge in [-0.1, -0.05) is 0 Å². The van der Waals surface area contributed by atoms with E-state index in [0.29, 0.717) is 10.6 Å². The zero-order chi connectivity index (χ0) is 16.9. The molecule has 0 atom stereocenters. The van der Waals surface area contributed by atoms with Crippen molar-refractivity contribution in [1.29, 1.82) is 5.26 Å². The van der Waals surface area contributed by atoms with Gasteiger partial charge in [-0.15, -0.1) is 0 Å². The standard InChI is InChI=1S/C14H12F3N5O/c15-14(16,17)10-21(7-1-4-18)13(23)12-9-11(3-6-19-12)22-8-2-5-20-22/h2-3,5-6,8-9H,1,7,10H2. The Morgan fingerprint density at radius 2 is 2.17 bits per heavy atom. The number of amides is 1. The van der Waals surface area contributed by atoms with Crippen LogP contribution in [0.25, 0.3) is 5.69 Å². The number of halogens is 3. The van der Waals surface area contributed by atoms with Gasteiger partial charge in [-0.2, -0.15) is 23.5 Å². The van der Waals surface area contributed by atoms with E-state index in [9.17, 15) is 18.0 Å². The van der Waals surface area contributed by atoms with E-state index in [2.05, 4.69) is 10.1 Å². The van der Waals surface area contributed by atoms with Crippen molar-refractivity contribution in [3.63, 3.8) is 0 Å². The second-order valence-corrected chi connectivity index (χ2v) is 4.60. The van der Waals surface area contributed by atoms with Gasteiger partial charge in [-0.3, -0.25) is 9.78 Å². The van der Waals surface area contributed by atoms with E-state index in [-0.39, 0.29) is 18.7 Å². The van der Waals surface area contributed by atoms with Gasteiger partial charge in [0.1, 0.15) is 12.2 Å². The SMILES string of the molecule is N#CCCN(CC(F)(F)F)C(=O)c1cc(-n2cccn2)ccn1. The topological polar surface area (TPSA) is 74.8 Å². The zero-order valence-corrected chi connectivity index (χ0v) is 11.9. The molecule has 0 aliphatic rings. The lowest BCUT2D eigenvalue weighted by Crippen LogP contribution is -2.39. The van der Waals surface area contributed by atoms with Gasteiger partial charge in [0.2, 0.25) is 0 Å². The predicted molar refractivity (Wildman–Crippen MR) is 73.5 cm³/mol. The largest absolute Gasteiger partial charge is 0.406 e. The van der Waals surface area contributed by atoms with Gasteiger partial charge in [-0.05, 0) is 18.2 Å². The first-order chi connectivity index (χ1) is 10.9. The third-order valence-corrected chi connectivity index (χ3v) is 2.88. The Bertz CT molecular complexity index is 706. The number of aromatic nitrogens is 3. The monoisotopic (exact) mass is 323 g/mol. The minimum Gasteiger partial charge on any atom is -0.327 e. The fraction of sp³-hybridized carbons (Fsp3) is 0.286. The Labute approximate surface area is 129 Å². The lowest BCUT2D eigenvalue weighted by molar-refractivity contribution is -0.140. The fourth-order valence-electron chi connectivity index (χ4n) is 1.92. The van der Waals surface area contributed by atoms with Gasteiger partial charge in [0, 0.05) is 25.1 Å². The van der Waals surface area contributed by atoms with Crippen molar-refractivity contribution in [3.8, 4) is 11.8 Å². The second-order valence-electron chi connectivity index (χ2n) is 4.60. The molecule has 1 amide bonds. The Balaban J connectivity index is 2.25. The number of carbonyl (C=O) groups is 1. The summed E-state index contributed by atoms with van der Waals surface area (Å²) in [5.41, 5.74) is 0.362. The van der Waals surface area contributed by atoms with Crippen LogP contribution in [-0.2, 0) is 0 Å². The van der Waals surface area contributed by atoms with Crippen LogP contribution >= 0.6 is 0 Å². The van der Waals surface area contributed by atoms with Crippen LogP contribution in [0.4, 0.5) is 13.2 Å². The van der Waals surface area contributed by atoms with Crippen molar-refractivity contribution in [1.82, 2.24) is 19.7 Å². The highest BCUT2D eigenvalue weighted by Gasteiger charge is 2.33. The maximum atomic E-state index is 12.6. The van der Waals surface area contributed by atoms with Crippen molar-refractivity contribution in [2.45, 2.75) is 12.6 Å². The van der Waals surface area contributed by atoms with Gasteiger partial charge in [-0.25, -0.2) is 4.68 Å². The smallest absolute Gasteiger partial charge is 0.327 e. The van der Waals surface area contributed by atoms with Gasteiger partial charge >= 0.3 is 6.18 Å².